The molecule has 1 unspecified atom stereocenters. The molecule has 1 atom stereocenters. The van der Waals surface area contributed by atoms with Gasteiger partial charge in [0.05, 0.1) is 17.6 Å². The molecule has 0 aliphatic carbocycles. The zero-order valence-corrected chi connectivity index (χ0v) is 12.7. The van der Waals surface area contributed by atoms with E-state index in [0.717, 1.165) is 19.3 Å². The molecule has 0 fully saturated rings. The van der Waals surface area contributed by atoms with Gasteiger partial charge >= 0.3 is 0 Å². The fraction of sp³-hybridized carbons (Fsp3) is 0.600. The second-order valence-corrected chi connectivity index (χ2v) is 4.95. The SMILES string of the molecule is CCCC(CCO)CNc1cc(OCC)cc([N+](=O)[O-])c1. The zero-order valence-electron chi connectivity index (χ0n) is 12.7. The zero-order chi connectivity index (χ0) is 15.7. The third-order valence-corrected chi connectivity index (χ3v) is 3.24. The highest BCUT2D eigenvalue weighted by Crippen LogP contribution is 2.26. The molecule has 0 saturated heterocycles. The highest BCUT2D eigenvalue weighted by Gasteiger charge is 2.12. The maximum Gasteiger partial charge on any atom is 0.275 e. The largest absolute Gasteiger partial charge is 0.494 e. The topological polar surface area (TPSA) is 84.6 Å². The first-order valence-corrected chi connectivity index (χ1v) is 7.37. The summed E-state index contributed by atoms with van der Waals surface area (Å²) in [5.41, 5.74) is 0.685. The Kier molecular flexibility index (Phi) is 7.53. The number of ether oxygens (including phenoxy) is 1. The van der Waals surface area contributed by atoms with Gasteiger partial charge in [-0.3, -0.25) is 10.1 Å². The molecule has 1 aromatic rings. The van der Waals surface area contributed by atoms with Crippen molar-refractivity contribution in [3.05, 3.63) is 28.3 Å². The van der Waals surface area contributed by atoms with E-state index in [4.69, 9.17) is 9.84 Å². The molecule has 6 nitrogen and oxygen atoms in total. The summed E-state index contributed by atoms with van der Waals surface area (Å²) >= 11 is 0. The number of nitro groups is 1. The van der Waals surface area contributed by atoms with Gasteiger partial charge in [-0.1, -0.05) is 13.3 Å². The third kappa shape index (κ3) is 5.99. The minimum atomic E-state index is -0.426. The molecule has 0 radical (unpaired) electrons. The smallest absolute Gasteiger partial charge is 0.275 e. The standard InChI is InChI=1S/C15H24N2O4/c1-3-5-12(6-7-18)11-16-13-8-14(17(19)20)10-15(9-13)21-4-2/h8-10,12,16,18H,3-7,11H2,1-2H3. The van der Waals surface area contributed by atoms with Crippen molar-refractivity contribution in [1.82, 2.24) is 0 Å². The van der Waals surface area contributed by atoms with E-state index in [-0.39, 0.29) is 12.3 Å². The number of aliphatic hydroxyl groups is 1. The summed E-state index contributed by atoms with van der Waals surface area (Å²) in [6, 6.07) is 4.69. The summed E-state index contributed by atoms with van der Waals surface area (Å²) in [5.74, 6) is 0.846. The van der Waals surface area contributed by atoms with Gasteiger partial charge in [0.1, 0.15) is 5.75 Å². The van der Waals surface area contributed by atoms with E-state index in [9.17, 15) is 10.1 Å². The molecular weight excluding hydrogens is 272 g/mol. The third-order valence-electron chi connectivity index (χ3n) is 3.24. The van der Waals surface area contributed by atoms with Crippen molar-refractivity contribution in [2.45, 2.75) is 33.1 Å². The van der Waals surface area contributed by atoms with Crippen molar-refractivity contribution >= 4 is 11.4 Å². The molecule has 1 rings (SSSR count). The number of nitrogens with one attached hydrogen (secondary N) is 1. The fourth-order valence-electron chi connectivity index (χ4n) is 2.24. The predicted octanol–water partition coefficient (Wildman–Crippen LogP) is 3.20. The molecule has 0 aliphatic heterocycles. The molecule has 0 aromatic heterocycles. The average molecular weight is 296 g/mol. The molecule has 0 aliphatic rings. The number of nitro benzene ring substituents is 1. The van der Waals surface area contributed by atoms with Gasteiger partial charge in [-0.25, -0.2) is 0 Å². The van der Waals surface area contributed by atoms with Crippen LogP contribution in [0.15, 0.2) is 18.2 Å². The Morgan fingerprint density at radius 2 is 2.10 bits per heavy atom. The van der Waals surface area contributed by atoms with Crippen LogP contribution in [0.5, 0.6) is 5.75 Å². The van der Waals surface area contributed by atoms with E-state index in [1.54, 1.807) is 6.07 Å². The number of hydrogen-bond donors (Lipinski definition) is 2. The lowest BCUT2D eigenvalue weighted by atomic mass is 10.00. The van der Waals surface area contributed by atoms with Crippen molar-refractivity contribution in [2.75, 3.05) is 25.1 Å². The fourth-order valence-corrected chi connectivity index (χ4v) is 2.24. The van der Waals surface area contributed by atoms with Crippen molar-refractivity contribution < 1.29 is 14.8 Å². The van der Waals surface area contributed by atoms with Crippen LogP contribution in [-0.2, 0) is 0 Å². The van der Waals surface area contributed by atoms with Crippen LogP contribution in [-0.4, -0.2) is 29.8 Å². The first-order chi connectivity index (χ1) is 10.1. The van der Waals surface area contributed by atoms with Crippen molar-refractivity contribution in [3.8, 4) is 5.75 Å². The Labute approximate surface area is 125 Å². The van der Waals surface area contributed by atoms with Gasteiger partial charge in [0, 0.05) is 31.0 Å². The van der Waals surface area contributed by atoms with Gasteiger partial charge in [0.15, 0.2) is 0 Å². The maximum atomic E-state index is 10.9. The first-order valence-electron chi connectivity index (χ1n) is 7.37. The quantitative estimate of drug-likeness (QED) is 0.511. The van der Waals surface area contributed by atoms with Crippen LogP contribution in [0.25, 0.3) is 0 Å². The summed E-state index contributed by atoms with van der Waals surface area (Å²) in [6.45, 7) is 5.24. The van der Waals surface area contributed by atoms with Crippen molar-refractivity contribution in [1.29, 1.82) is 0 Å². The van der Waals surface area contributed by atoms with E-state index < -0.39 is 4.92 Å². The van der Waals surface area contributed by atoms with Crippen molar-refractivity contribution in [2.24, 2.45) is 5.92 Å². The van der Waals surface area contributed by atoms with Crippen LogP contribution in [0, 0.1) is 16.0 Å². The number of nitrogens with zero attached hydrogens (tertiary/aromatic N) is 1. The highest BCUT2D eigenvalue weighted by atomic mass is 16.6. The predicted molar refractivity (Wildman–Crippen MR) is 82.9 cm³/mol. The number of aliphatic hydroxyl groups excluding tert-OH is 1. The summed E-state index contributed by atoms with van der Waals surface area (Å²) < 4.78 is 5.35. The van der Waals surface area contributed by atoms with Crippen LogP contribution < -0.4 is 10.1 Å². The average Bonchev–Trinajstić information content (AvgIpc) is 2.45. The van der Waals surface area contributed by atoms with E-state index in [2.05, 4.69) is 12.2 Å². The summed E-state index contributed by atoms with van der Waals surface area (Å²) in [5, 5.41) is 23.2. The Morgan fingerprint density at radius 1 is 1.33 bits per heavy atom. The van der Waals surface area contributed by atoms with E-state index in [1.165, 1.54) is 12.1 Å². The summed E-state index contributed by atoms with van der Waals surface area (Å²) in [7, 11) is 0. The Hall–Kier alpha value is -1.82. The van der Waals surface area contributed by atoms with Crippen LogP contribution in [0.1, 0.15) is 33.1 Å². The van der Waals surface area contributed by atoms with E-state index in [1.807, 2.05) is 6.92 Å². The van der Waals surface area contributed by atoms with Gasteiger partial charge < -0.3 is 15.2 Å². The van der Waals surface area contributed by atoms with Crippen LogP contribution >= 0.6 is 0 Å². The second kappa shape index (κ2) is 9.18. The van der Waals surface area contributed by atoms with Crippen LogP contribution in [0.3, 0.4) is 0 Å². The van der Waals surface area contributed by atoms with Crippen molar-refractivity contribution in [3.63, 3.8) is 0 Å². The van der Waals surface area contributed by atoms with Gasteiger partial charge in [0.2, 0.25) is 0 Å². The van der Waals surface area contributed by atoms with Gasteiger partial charge in [-0.05, 0) is 25.7 Å². The number of benzene rings is 1. The summed E-state index contributed by atoms with van der Waals surface area (Å²) in [4.78, 5) is 10.5. The minimum Gasteiger partial charge on any atom is -0.494 e. The molecular formula is C15H24N2O4. The molecule has 0 saturated carbocycles. The lowest BCUT2D eigenvalue weighted by Crippen LogP contribution is -2.15. The van der Waals surface area contributed by atoms with Crippen LogP contribution in [0.2, 0.25) is 0 Å². The molecule has 1 aromatic carbocycles. The normalized spacial score (nSPS) is 12.0. The molecule has 118 valence electrons. The number of non-ortho nitro benzene ring substituents is 1. The molecule has 0 amide bonds. The van der Waals surface area contributed by atoms with Gasteiger partial charge in [-0.2, -0.15) is 0 Å². The molecule has 21 heavy (non-hydrogen) atoms. The second-order valence-electron chi connectivity index (χ2n) is 4.95. The van der Waals surface area contributed by atoms with Gasteiger partial charge in [-0.15, -0.1) is 0 Å². The molecule has 0 spiro atoms. The molecule has 6 heteroatoms. The molecule has 0 bridgehead atoms. The minimum absolute atomic E-state index is 0.0117. The number of rotatable bonds is 10. The molecule has 0 heterocycles. The molecule has 2 N–H and O–H groups in total. The maximum absolute atomic E-state index is 10.9. The van der Waals surface area contributed by atoms with Crippen LogP contribution in [0.4, 0.5) is 11.4 Å². The lowest BCUT2D eigenvalue weighted by Gasteiger charge is -2.17. The lowest BCUT2D eigenvalue weighted by molar-refractivity contribution is -0.384. The number of anilines is 1. The van der Waals surface area contributed by atoms with E-state index >= 15 is 0 Å². The Bertz CT molecular complexity index is 445. The first kappa shape index (κ1) is 17.2. The summed E-state index contributed by atoms with van der Waals surface area (Å²) in [6.07, 6.45) is 2.79. The highest BCUT2D eigenvalue weighted by molar-refractivity contribution is 5.56. The van der Waals surface area contributed by atoms with Gasteiger partial charge in [0.25, 0.3) is 5.69 Å². The Balaban J connectivity index is 2.78. The Morgan fingerprint density at radius 3 is 2.67 bits per heavy atom. The monoisotopic (exact) mass is 296 g/mol. The number of hydrogen-bond acceptors (Lipinski definition) is 5. The van der Waals surface area contributed by atoms with E-state index in [0.29, 0.717) is 30.5 Å².